The molecule has 2 saturated heterocycles. The lowest BCUT2D eigenvalue weighted by atomic mass is 9.71. The summed E-state index contributed by atoms with van der Waals surface area (Å²) >= 11 is 11.3. The summed E-state index contributed by atoms with van der Waals surface area (Å²) in [6.07, 6.45) is 3.83. The number of aliphatic hydroxyl groups is 2. The molecule has 0 spiro atoms. The molecule has 0 aliphatic carbocycles. The zero-order valence-corrected chi connectivity index (χ0v) is 25.4. The van der Waals surface area contributed by atoms with E-state index in [9.17, 15) is 15.0 Å². The van der Waals surface area contributed by atoms with E-state index in [0.717, 1.165) is 29.2 Å². The lowest BCUT2D eigenvalue weighted by Gasteiger charge is -2.44. The average Bonchev–Trinajstić information content (AvgIpc) is 3.67. The molecule has 2 atom stereocenters. The zero-order chi connectivity index (χ0) is 31.0. The van der Waals surface area contributed by atoms with Crippen LogP contribution in [0.2, 0.25) is 10.0 Å². The Morgan fingerprint density at radius 1 is 1.09 bits per heavy atom. The van der Waals surface area contributed by atoms with Gasteiger partial charge in [0.25, 0.3) is 5.91 Å². The van der Waals surface area contributed by atoms with Crippen molar-refractivity contribution in [2.75, 3.05) is 26.3 Å². The minimum atomic E-state index is -1.97. The van der Waals surface area contributed by atoms with E-state index in [2.05, 4.69) is 15.3 Å². The van der Waals surface area contributed by atoms with Crippen molar-refractivity contribution in [1.29, 1.82) is 0 Å². The Kier molecular flexibility index (Phi) is 11.4. The first kappa shape index (κ1) is 33.2. The summed E-state index contributed by atoms with van der Waals surface area (Å²) in [4.78, 5) is 22.0. The molecule has 0 radical (unpaired) electrons. The number of nitrogens with zero attached hydrogens (tertiary/aromatic N) is 3. The van der Waals surface area contributed by atoms with Crippen molar-refractivity contribution in [3.8, 4) is 0 Å². The van der Waals surface area contributed by atoms with Crippen molar-refractivity contribution in [3.63, 3.8) is 0 Å². The Morgan fingerprint density at radius 3 is 2.23 bits per heavy atom. The van der Waals surface area contributed by atoms with Crippen molar-refractivity contribution in [2.45, 2.75) is 63.1 Å². The van der Waals surface area contributed by atoms with E-state index in [0.29, 0.717) is 18.1 Å². The number of rotatable bonds is 5. The Morgan fingerprint density at radius 2 is 1.72 bits per heavy atom. The number of halogens is 4. The fourth-order valence-electron chi connectivity index (χ4n) is 5.39. The number of piperidine rings is 1. The molecule has 4 heterocycles. The molecule has 3 aliphatic rings. The predicted octanol–water partition coefficient (Wildman–Crippen LogP) is 5.74. The summed E-state index contributed by atoms with van der Waals surface area (Å²) in [7, 11) is 0. The van der Waals surface area contributed by atoms with Crippen molar-refractivity contribution >= 4 is 29.1 Å². The second kappa shape index (κ2) is 14.8. The van der Waals surface area contributed by atoms with E-state index in [1.54, 1.807) is 6.92 Å². The van der Waals surface area contributed by atoms with Crippen LogP contribution in [0.1, 0.15) is 72.6 Å². The molecule has 1 aromatic heterocycles. The minimum Gasteiger partial charge on any atom is -0.382 e. The largest absolute Gasteiger partial charge is 0.382 e. The van der Waals surface area contributed by atoms with Crippen LogP contribution >= 0.6 is 23.2 Å². The number of amides is 1. The van der Waals surface area contributed by atoms with Crippen LogP contribution in [0.15, 0.2) is 54.9 Å². The molecule has 0 bridgehead atoms. The normalized spacial score (nSPS) is 20.3. The smallest absolute Gasteiger partial charge is 0.257 e. The standard InChI is InChI=1S/C21H23ClF2N4O3.C6H5Cl.C4H8O/c1-2-21(31,20(24)3-5-25-6-4-20)12-7-14-17(15(23)8-12)19(30)28(18(14)29)11-16-26-9-13(22)10-27-16;7-6-4-2-1-3-5-6;1-2-4-5-3-1/h7-10,19,25,30-31H,2-6,11H2,1H3;1-5H;1-4H2. The van der Waals surface area contributed by atoms with Gasteiger partial charge in [-0.05, 0) is 75.0 Å². The third kappa shape index (κ3) is 7.68. The summed E-state index contributed by atoms with van der Waals surface area (Å²) in [6, 6.07) is 11.8. The molecule has 6 rings (SSSR count). The molecule has 3 N–H and O–H groups in total. The minimum absolute atomic E-state index is 0.000793. The first-order valence-electron chi connectivity index (χ1n) is 14.3. The van der Waals surface area contributed by atoms with Gasteiger partial charge in [0, 0.05) is 36.2 Å². The van der Waals surface area contributed by atoms with Gasteiger partial charge in [-0.2, -0.15) is 0 Å². The maximum atomic E-state index is 15.8. The molecule has 232 valence electrons. The molecule has 2 unspecified atom stereocenters. The monoisotopic (exact) mass is 636 g/mol. The summed E-state index contributed by atoms with van der Waals surface area (Å²) in [5.41, 5.74) is -4.27. The molecule has 0 saturated carbocycles. The number of carbonyl (C=O) groups is 1. The number of hydrogen-bond acceptors (Lipinski definition) is 7. The maximum absolute atomic E-state index is 15.8. The number of ether oxygens (including phenoxy) is 1. The van der Waals surface area contributed by atoms with Gasteiger partial charge in [0.2, 0.25) is 0 Å². The number of hydrogen-bond donors (Lipinski definition) is 3. The molecule has 3 aliphatic heterocycles. The van der Waals surface area contributed by atoms with Gasteiger partial charge in [-0.25, -0.2) is 18.7 Å². The predicted molar refractivity (Wildman–Crippen MR) is 160 cm³/mol. The first-order chi connectivity index (χ1) is 20.6. The molecule has 2 aromatic carbocycles. The molecule has 1 amide bonds. The molecule has 12 heteroatoms. The van der Waals surface area contributed by atoms with Gasteiger partial charge in [0.05, 0.1) is 17.1 Å². The molecular formula is C31H36Cl2F2N4O4. The Labute approximate surface area is 260 Å². The SMILES string of the molecule is C1CCOC1.CCC(O)(c1cc(F)c2c(c1)C(=O)N(Cc1ncc(Cl)cn1)C2O)C1(F)CCNCC1.Clc1ccccc1. The van der Waals surface area contributed by atoms with Crippen LogP contribution in [0, 0.1) is 5.82 Å². The van der Waals surface area contributed by atoms with Crippen LogP contribution in [0.25, 0.3) is 0 Å². The third-order valence-electron chi connectivity index (χ3n) is 7.85. The van der Waals surface area contributed by atoms with Crippen molar-refractivity contribution < 1.29 is 28.5 Å². The average molecular weight is 638 g/mol. The number of benzene rings is 2. The van der Waals surface area contributed by atoms with Crippen molar-refractivity contribution in [2.24, 2.45) is 0 Å². The lowest BCUT2D eigenvalue weighted by molar-refractivity contribution is -0.127. The Bertz CT molecular complexity index is 1350. The summed E-state index contributed by atoms with van der Waals surface area (Å²) in [5.74, 6) is -1.32. The van der Waals surface area contributed by atoms with Gasteiger partial charge in [0.15, 0.2) is 6.23 Å². The van der Waals surface area contributed by atoms with Gasteiger partial charge in [-0.1, -0.05) is 48.3 Å². The van der Waals surface area contributed by atoms with Crippen LogP contribution in [0.5, 0.6) is 0 Å². The molecule has 3 aromatic rings. The second-order valence-electron chi connectivity index (χ2n) is 10.6. The van der Waals surface area contributed by atoms with E-state index in [1.165, 1.54) is 31.3 Å². The number of nitrogens with one attached hydrogen (secondary N) is 1. The first-order valence-corrected chi connectivity index (χ1v) is 15.0. The Hall–Kier alpha value is -2.73. The van der Waals surface area contributed by atoms with E-state index in [-0.39, 0.29) is 48.3 Å². The van der Waals surface area contributed by atoms with Crippen LogP contribution < -0.4 is 5.32 Å². The van der Waals surface area contributed by atoms with Gasteiger partial charge in [-0.15, -0.1) is 0 Å². The Balaban J connectivity index is 0.000000291. The van der Waals surface area contributed by atoms with Crippen LogP contribution in [0.3, 0.4) is 0 Å². The van der Waals surface area contributed by atoms with Gasteiger partial charge in [0.1, 0.15) is 22.9 Å². The van der Waals surface area contributed by atoms with Crippen LogP contribution in [-0.2, 0) is 16.9 Å². The summed E-state index contributed by atoms with van der Waals surface area (Å²) in [6.45, 7) is 4.23. The zero-order valence-electron chi connectivity index (χ0n) is 23.9. The highest BCUT2D eigenvalue weighted by Crippen LogP contribution is 2.46. The van der Waals surface area contributed by atoms with Crippen LogP contribution in [-0.4, -0.2) is 63.0 Å². The highest BCUT2D eigenvalue weighted by molar-refractivity contribution is 6.30. The fourth-order valence-corrected chi connectivity index (χ4v) is 5.63. The lowest BCUT2D eigenvalue weighted by Crippen LogP contribution is -2.53. The van der Waals surface area contributed by atoms with Gasteiger partial charge < -0.3 is 25.2 Å². The fraction of sp³-hybridized carbons (Fsp3) is 0.452. The summed E-state index contributed by atoms with van der Waals surface area (Å²) in [5, 5.41) is 26.1. The number of fused-ring (bicyclic) bond motifs is 1. The highest BCUT2D eigenvalue weighted by atomic mass is 35.5. The quantitative estimate of drug-likeness (QED) is 0.328. The van der Waals surface area contributed by atoms with Crippen molar-refractivity contribution in [1.82, 2.24) is 20.2 Å². The number of carbonyl (C=O) groups excluding carboxylic acids is 1. The molecule has 8 nitrogen and oxygen atoms in total. The van der Waals surface area contributed by atoms with E-state index < -0.39 is 29.2 Å². The highest BCUT2D eigenvalue weighted by Gasteiger charge is 2.52. The molecule has 43 heavy (non-hydrogen) atoms. The van der Waals surface area contributed by atoms with Crippen LogP contribution in [0.4, 0.5) is 8.78 Å². The molecule has 2 fully saturated rings. The van der Waals surface area contributed by atoms with Gasteiger partial charge >= 0.3 is 0 Å². The second-order valence-corrected chi connectivity index (χ2v) is 11.5. The van der Waals surface area contributed by atoms with E-state index in [1.807, 2.05) is 30.3 Å². The van der Waals surface area contributed by atoms with Crippen molar-refractivity contribution in [3.05, 3.63) is 93.2 Å². The van der Waals surface area contributed by atoms with E-state index in [4.69, 9.17) is 27.9 Å². The molecular weight excluding hydrogens is 601 g/mol. The topological polar surface area (TPSA) is 108 Å². The number of aromatic nitrogens is 2. The van der Waals surface area contributed by atoms with E-state index >= 15 is 8.78 Å². The number of aliphatic hydroxyl groups excluding tert-OH is 1. The number of alkyl halides is 1. The van der Waals surface area contributed by atoms with Gasteiger partial charge in [-0.3, -0.25) is 4.79 Å². The third-order valence-corrected chi connectivity index (χ3v) is 8.29. The summed E-state index contributed by atoms with van der Waals surface area (Å²) < 4.78 is 35.8. The maximum Gasteiger partial charge on any atom is 0.257 e.